The molecule has 1 heterocycles. The van der Waals surface area contributed by atoms with Gasteiger partial charge >= 0.3 is 5.97 Å². The number of aryl methyl sites for hydroxylation is 1. The minimum absolute atomic E-state index is 0.285. The first kappa shape index (κ1) is 13.5. The number of esters is 1. The molecule has 2 aromatic rings. The molecule has 0 amide bonds. The monoisotopic (exact) mass is 276 g/mol. The predicted molar refractivity (Wildman–Crippen MR) is 76.3 cm³/mol. The molecule has 0 fully saturated rings. The number of benzene rings is 1. The molecular weight excluding hydrogens is 260 g/mol. The highest BCUT2D eigenvalue weighted by Crippen LogP contribution is 2.24. The Hall–Kier alpha value is -1.88. The van der Waals surface area contributed by atoms with Crippen molar-refractivity contribution in [1.29, 1.82) is 0 Å². The van der Waals surface area contributed by atoms with Gasteiger partial charge in [-0.2, -0.15) is 0 Å². The third-order valence-corrected chi connectivity index (χ3v) is 3.46. The van der Waals surface area contributed by atoms with E-state index in [9.17, 15) is 4.79 Å². The normalized spacial score (nSPS) is 11.9. The van der Waals surface area contributed by atoms with Gasteiger partial charge in [0.15, 0.2) is 6.04 Å². The minimum Gasteiger partial charge on any atom is -0.464 e. The molecule has 1 unspecified atom stereocenters. The van der Waals surface area contributed by atoms with Crippen molar-refractivity contribution >= 4 is 23.0 Å². The maximum absolute atomic E-state index is 12.0. The zero-order valence-electron chi connectivity index (χ0n) is 10.9. The number of thiazole rings is 1. The summed E-state index contributed by atoms with van der Waals surface area (Å²) >= 11 is 1.43. The van der Waals surface area contributed by atoms with Crippen LogP contribution in [0.3, 0.4) is 0 Å². The van der Waals surface area contributed by atoms with Crippen LogP contribution < -0.4 is 5.32 Å². The zero-order valence-corrected chi connectivity index (χ0v) is 11.7. The molecule has 1 atom stereocenters. The summed E-state index contributed by atoms with van der Waals surface area (Å²) in [5, 5.41) is 3.19. The third kappa shape index (κ3) is 3.54. The molecule has 0 saturated heterocycles. The van der Waals surface area contributed by atoms with Gasteiger partial charge in [0.2, 0.25) is 0 Å². The fourth-order valence-corrected chi connectivity index (χ4v) is 2.31. The number of carbonyl (C=O) groups is 1. The fraction of sp³-hybridized carbons (Fsp3) is 0.286. The molecule has 2 rings (SSSR count). The zero-order chi connectivity index (χ0) is 13.7. The van der Waals surface area contributed by atoms with E-state index >= 15 is 0 Å². The van der Waals surface area contributed by atoms with Crippen LogP contribution in [0, 0.1) is 6.92 Å². The molecule has 100 valence electrons. The van der Waals surface area contributed by atoms with Gasteiger partial charge in [0.1, 0.15) is 0 Å². The Morgan fingerprint density at radius 2 is 2.16 bits per heavy atom. The van der Waals surface area contributed by atoms with E-state index in [0.717, 1.165) is 10.6 Å². The van der Waals surface area contributed by atoms with E-state index in [1.54, 1.807) is 18.6 Å². The number of rotatable bonds is 5. The van der Waals surface area contributed by atoms with Crippen molar-refractivity contribution in [2.45, 2.75) is 19.9 Å². The van der Waals surface area contributed by atoms with Gasteiger partial charge in [-0.15, -0.1) is 11.3 Å². The summed E-state index contributed by atoms with van der Waals surface area (Å²) in [5.74, 6) is -0.285. The Morgan fingerprint density at radius 3 is 2.74 bits per heavy atom. The molecule has 0 aliphatic heterocycles. The average molecular weight is 276 g/mol. The van der Waals surface area contributed by atoms with E-state index in [4.69, 9.17) is 4.74 Å². The Balaban J connectivity index is 2.18. The van der Waals surface area contributed by atoms with E-state index < -0.39 is 6.04 Å². The van der Waals surface area contributed by atoms with Crippen LogP contribution >= 0.6 is 11.3 Å². The standard InChI is InChI=1S/C14H16N2O2S/c1-3-18-14(17)13(12-8-15-9-19-12)16-11-6-4-10(2)5-7-11/h4-9,13,16H,3H2,1-2H3. The van der Waals surface area contributed by atoms with Crippen molar-refractivity contribution in [2.24, 2.45) is 0 Å². The Labute approximate surface area is 116 Å². The predicted octanol–water partition coefficient (Wildman–Crippen LogP) is 3.17. The second-order valence-electron chi connectivity index (χ2n) is 4.10. The lowest BCUT2D eigenvalue weighted by Gasteiger charge is -2.16. The van der Waals surface area contributed by atoms with Crippen LogP contribution in [0.4, 0.5) is 5.69 Å². The van der Waals surface area contributed by atoms with Crippen molar-refractivity contribution in [1.82, 2.24) is 4.98 Å². The molecule has 19 heavy (non-hydrogen) atoms. The SMILES string of the molecule is CCOC(=O)C(Nc1ccc(C)cc1)c1cncs1. The van der Waals surface area contributed by atoms with Crippen LogP contribution in [0.25, 0.3) is 0 Å². The molecule has 4 nitrogen and oxygen atoms in total. The molecule has 0 bridgehead atoms. The van der Waals surface area contributed by atoms with Gasteiger partial charge in [0, 0.05) is 11.9 Å². The van der Waals surface area contributed by atoms with E-state index in [2.05, 4.69) is 10.3 Å². The van der Waals surface area contributed by atoms with E-state index in [0.29, 0.717) is 6.61 Å². The number of anilines is 1. The fourth-order valence-electron chi connectivity index (χ4n) is 1.66. The smallest absolute Gasteiger partial charge is 0.334 e. The van der Waals surface area contributed by atoms with Gasteiger partial charge in [0.05, 0.1) is 17.0 Å². The van der Waals surface area contributed by atoms with E-state index in [1.807, 2.05) is 31.2 Å². The highest BCUT2D eigenvalue weighted by Gasteiger charge is 2.23. The summed E-state index contributed by atoms with van der Waals surface area (Å²) in [7, 11) is 0. The van der Waals surface area contributed by atoms with Crippen LogP contribution in [-0.4, -0.2) is 17.6 Å². The van der Waals surface area contributed by atoms with E-state index in [-0.39, 0.29) is 5.97 Å². The number of hydrogen-bond acceptors (Lipinski definition) is 5. The number of carbonyl (C=O) groups excluding carboxylic acids is 1. The molecule has 5 heteroatoms. The number of hydrogen-bond donors (Lipinski definition) is 1. The van der Waals surface area contributed by atoms with E-state index in [1.165, 1.54) is 16.9 Å². The summed E-state index contributed by atoms with van der Waals surface area (Å²) in [4.78, 5) is 16.9. The second kappa shape index (κ2) is 6.33. The van der Waals surface area contributed by atoms with Crippen molar-refractivity contribution in [3.05, 3.63) is 46.4 Å². The maximum Gasteiger partial charge on any atom is 0.334 e. The lowest BCUT2D eigenvalue weighted by molar-refractivity contribution is -0.144. The van der Waals surface area contributed by atoms with Gasteiger partial charge in [0.25, 0.3) is 0 Å². The first-order chi connectivity index (χ1) is 9.20. The minimum atomic E-state index is -0.504. The number of ether oxygens (including phenoxy) is 1. The van der Waals surface area contributed by atoms with Crippen molar-refractivity contribution in [2.75, 3.05) is 11.9 Å². The Morgan fingerprint density at radius 1 is 1.42 bits per heavy atom. The largest absolute Gasteiger partial charge is 0.464 e. The highest BCUT2D eigenvalue weighted by atomic mass is 32.1. The lowest BCUT2D eigenvalue weighted by Crippen LogP contribution is -2.22. The second-order valence-corrected chi connectivity index (χ2v) is 5.02. The molecule has 0 saturated carbocycles. The quantitative estimate of drug-likeness (QED) is 0.852. The van der Waals surface area contributed by atoms with Gasteiger partial charge in [-0.25, -0.2) is 4.79 Å². The lowest BCUT2D eigenvalue weighted by atomic mass is 10.2. The van der Waals surface area contributed by atoms with Crippen molar-refractivity contribution in [3.63, 3.8) is 0 Å². The highest BCUT2D eigenvalue weighted by molar-refractivity contribution is 7.09. The molecule has 0 spiro atoms. The van der Waals surface area contributed by atoms with Crippen LogP contribution in [-0.2, 0) is 9.53 Å². The van der Waals surface area contributed by atoms with Gasteiger partial charge in [-0.1, -0.05) is 17.7 Å². The van der Waals surface area contributed by atoms with Crippen LogP contribution in [0.5, 0.6) is 0 Å². The van der Waals surface area contributed by atoms with Gasteiger partial charge in [-0.05, 0) is 26.0 Å². The van der Waals surface area contributed by atoms with Crippen LogP contribution in [0.15, 0.2) is 36.0 Å². The third-order valence-electron chi connectivity index (χ3n) is 2.62. The number of aromatic nitrogens is 1. The molecule has 0 aliphatic carbocycles. The summed E-state index contributed by atoms with van der Waals surface area (Å²) in [6, 6.07) is 7.38. The van der Waals surface area contributed by atoms with Gasteiger partial charge in [-0.3, -0.25) is 4.98 Å². The van der Waals surface area contributed by atoms with Crippen molar-refractivity contribution < 1.29 is 9.53 Å². The topological polar surface area (TPSA) is 51.2 Å². The molecular formula is C14H16N2O2S. The van der Waals surface area contributed by atoms with Crippen molar-refractivity contribution in [3.8, 4) is 0 Å². The maximum atomic E-state index is 12.0. The molecule has 1 N–H and O–H groups in total. The molecule has 1 aromatic carbocycles. The van der Waals surface area contributed by atoms with Crippen LogP contribution in [0.2, 0.25) is 0 Å². The summed E-state index contributed by atoms with van der Waals surface area (Å²) in [6.45, 7) is 4.19. The molecule has 0 aliphatic rings. The first-order valence-electron chi connectivity index (χ1n) is 6.09. The summed E-state index contributed by atoms with van der Waals surface area (Å²) in [6.07, 6.45) is 1.69. The average Bonchev–Trinajstić information content (AvgIpc) is 2.92. The summed E-state index contributed by atoms with van der Waals surface area (Å²) < 4.78 is 5.10. The summed E-state index contributed by atoms with van der Waals surface area (Å²) in [5.41, 5.74) is 3.77. The number of nitrogens with one attached hydrogen (secondary N) is 1. The van der Waals surface area contributed by atoms with Crippen LogP contribution in [0.1, 0.15) is 23.4 Å². The molecule has 1 aromatic heterocycles. The van der Waals surface area contributed by atoms with Gasteiger partial charge < -0.3 is 10.1 Å². The Kier molecular flexibility index (Phi) is 4.52. The first-order valence-corrected chi connectivity index (χ1v) is 6.97. The Bertz CT molecular complexity index is 523. The number of nitrogens with zero attached hydrogens (tertiary/aromatic N) is 1. The molecule has 0 radical (unpaired) electrons.